The van der Waals surface area contributed by atoms with Crippen LogP contribution < -0.4 is 0 Å². The molecule has 22 heavy (non-hydrogen) atoms. The Morgan fingerprint density at radius 3 is 2.55 bits per heavy atom. The molecule has 1 aromatic heterocycles. The summed E-state index contributed by atoms with van der Waals surface area (Å²) in [6.45, 7) is 3.23. The van der Waals surface area contributed by atoms with E-state index in [0.717, 1.165) is 30.8 Å². The molecule has 3 rings (SSSR count). The van der Waals surface area contributed by atoms with Gasteiger partial charge in [0.15, 0.2) is 0 Å². The van der Waals surface area contributed by atoms with E-state index in [-0.39, 0.29) is 17.7 Å². The van der Waals surface area contributed by atoms with Gasteiger partial charge in [0, 0.05) is 26.2 Å². The molecular weight excluding hydrogens is 298 g/mol. The zero-order chi connectivity index (χ0) is 15.7. The first-order valence-corrected chi connectivity index (χ1v) is 8.72. The van der Waals surface area contributed by atoms with Crippen LogP contribution in [0.5, 0.6) is 0 Å². The van der Waals surface area contributed by atoms with Crippen molar-refractivity contribution < 1.29 is 9.59 Å². The molecule has 0 saturated carbocycles. The van der Waals surface area contributed by atoms with Crippen LogP contribution >= 0.6 is 11.3 Å². The van der Waals surface area contributed by atoms with Gasteiger partial charge in [-0.15, -0.1) is 11.3 Å². The van der Waals surface area contributed by atoms with E-state index >= 15 is 0 Å². The smallest absolute Gasteiger partial charge is 0.263 e. The highest BCUT2D eigenvalue weighted by atomic mass is 32.1. The Balaban J connectivity index is 1.49. The summed E-state index contributed by atoms with van der Waals surface area (Å²) in [5.41, 5.74) is 0. The fourth-order valence-corrected chi connectivity index (χ4v) is 3.90. The zero-order valence-electron chi connectivity index (χ0n) is 13.2. The average molecular weight is 321 g/mol. The molecule has 5 nitrogen and oxygen atoms in total. The minimum atomic E-state index is -0.0198. The largest absolute Gasteiger partial charge is 0.342 e. The van der Waals surface area contributed by atoms with Crippen LogP contribution in [-0.4, -0.2) is 72.8 Å². The highest BCUT2D eigenvalue weighted by Gasteiger charge is 2.39. The summed E-state index contributed by atoms with van der Waals surface area (Å²) in [7, 11) is 4.04. The Morgan fingerprint density at radius 1 is 1.27 bits per heavy atom. The summed E-state index contributed by atoms with van der Waals surface area (Å²) < 4.78 is 0. The molecule has 3 heterocycles. The quantitative estimate of drug-likeness (QED) is 0.845. The fourth-order valence-electron chi connectivity index (χ4n) is 3.21. The molecule has 0 unspecified atom stereocenters. The predicted octanol–water partition coefficient (Wildman–Crippen LogP) is 1.37. The van der Waals surface area contributed by atoms with Gasteiger partial charge in [0.2, 0.25) is 5.91 Å². The van der Waals surface area contributed by atoms with Gasteiger partial charge in [-0.25, -0.2) is 0 Å². The van der Waals surface area contributed by atoms with Crippen molar-refractivity contribution in [3.63, 3.8) is 0 Å². The van der Waals surface area contributed by atoms with Crippen molar-refractivity contribution in [1.29, 1.82) is 0 Å². The Hall–Kier alpha value is -1.40. The molecule has 2 aliphatic rings. The highest BCUT2D eigenvalue weighted by molar-refractivity contribution is 7.12. The molecular formula is C16H23N3O2S. The molecule has 0 radical (unpaired) electrons. The van der Waals surface area contributed by atoms with Gasteiger partial charge in [0.25, 0.3) is 5.91 Å². The minimum Gasteiger partial charge on any atom is -0.342 e. The van der Waals surface area contributed by atoms with E-state index in [4.69, 9.17) is 0 Å². The van der Waals surface area contributed by atoms with Gasteiger partial charge in [0.05, 0.1) is 10.8 Å². The van der Waals surface area contributed by atoms with Gasteiger partial charge >= 0.3 is 0 Å². The second kappa shape index (κ2) is 6.38. The van der Waals surface area contributed by atoms with Crippen LogP contribution in [0.25, 0.3) is 0 Å². The number of carbonyl (C=O) groups is 2. The number of hydrogen-bond donors (Lipinski definition) is 0. The van der Waals surface area contributed by atoms with E-state index in [0.29, 0.717) is 19.1 Å². The van der Waals surface area contributed by atoms with E-state index in [2.05, 4.69) is 11.9 Å². The second-order valence-corrected chi connectivity index (χ2v) is 7.32. The van der Waals surface area contributed by atoms with Gasteiger partial charge in [0.1, 0.15) is 0 Å². The van der Waals surface area contributed by atoms with E-state index in [1.165, 1.54) is 11.3 Å². The summed E-state index contributed by atoms with van der Waals surface area (Å²) in [6.07, 6.45) is 2.09. The maximum Gasteiger partial charge on any atom is 0.263 e. The molecule has 0 N–H and O–H groups in total. The van der Waals surface area contributed by atoms with Crippen molar-refractivity contribution in [3.8, 4) is 0 Å². The maximum atomic E-state index is 12.5. The predicted molar refractivity (Wildman–Crippen MR) is 87.0 cm³/mol. The van der Waals surface area contributed by atoms with Crippen molar-refractivity contribution in [2.24, 2.45) is 5.92 Å². The minimum absolute atomic E-state index is 0.0198. The second-order valence-electron chi connectivity index (χ2n) is 6.37. The number of rotatable bonds is 3. The summed E-state index contributed by atoms with van der Waals surface area (Å²) in [5, 5.41) is 1.91. The number of nitrogens with zero attached hydrogens (tertiary/aromatic N) is 3. The third kappa shape index (κ3) is 3.03. The van der Waals surface area contributed by atoms with Crippen LogP contribution in [0.4, 0.5) is 0 Å². The topological polar surface area (TPSA) is 43.9 Å². The SMILES string of the molecule is CN1CCC(N(C)C(=O)C2CN(C(=O)c3cccs3)C2)CC1. The molecule has 2 amide bonds. The molecule has 0 atom stereocenters. The third-order valence-electron chi connectivity index (χ3n) is 4.83. The van der Waals surface area contributed by atoms with Gasteiger partial charge < -0.3 is 14.7 Å². The zero-order valence-corrected chi connectivity index (χ0v) is 14.0. The molecule has 2 fully saturated rings. The molecule has 0 aliphatic carbocycles. The lowest BCUT2D eigenvalue weighted by Gasteiger charge is -2.42. The van der Waals surface area contributed by atoms with Crippen LogP contribution in [0.15, 0.2) is 17.5 Å². The molecule has 0 aromatic carbocycles. The number of likely N-dealkylation sites (tertiary alicyclic amines) is 2. The van der Waals surface area contributed by atoms with Crippen LogP contribution in [0.2, 0.25) is 0 Å². The van der Waals surface area contributed by atoms with E-state index < -0.39 is 0 Å². The normalized spacial score (nSPS) is 20.7. The molecule has 6 heteroatoms. The molecule has 2 saturated heterocycles. The van der Waals surface area contributed by atoms with Crippen molar-refractivity contribution in [2.45, 2.75) is 18.9 Å². The van der Waals surface area contributed by atoms with Crippen molar-refractivity contribution in [1.82, 2.24) is 14.7 Å². The number of thiophene rings is 1. The highest BCUT2D eigenvalue weighted by Crippen LogP contribution is 2.24. The van der Waals surface area contributed by atoms with Gasteiger partial charge in [-0.2, -0.15) is 0 Å². The lowest BCUT2D eigenvalue weighted by Crippen LogP contribution is -2.57. The Labute approximate surface area is 135 Å². The first kappa shape index (κ1) is 15.5. The lowest BCUT2D eigenvalue weighted by molar-refractivity contribution is -0.141. The van der Waals surface area contributed by atoms with Crippen molar-refractivity contribution in [3.05, 3.63) is 22.4 Å². The summed E-state index contributed by atoms with van der Waals surface area (Å²) in [6, 6.07) is 4.08. The number of carbonyl (C=O) groups excluding carboxylic acids is 2. The Kier molecular flexibility index (Phi) is 4.49. The number of amides is 2. The molecule has 0 bridgehead atoms. The molecule has 1 aromatic rings. The standard InChI is InChI=1S/C16H23N3O2S/c1-17-7-5-13(6-8-17)18(2)15(20)12-10-19(11-12)16(21)14-4-3-9-22-14/h3-4,9,12-13H,5-8,10-11H2,1-2H3. The molecule has 2 aliphatic heterocycles. The van der Waals surface area contributed by atoms with Crippen LogP contribution in [-0.2, 0) is 4.79 Å². The van der Waals surface area contributed by atoms with Gasteiger partial charge in [-0.1, -0.05) is 6.07 Å². The summed E-state index contributed by atoms with van der Waals surface area (Å²) >= 11 is 1.46. The first-order chi connectivity index (χ1) is 10.6. The lowest BCUT2D eigenvalue weighted by atomic mass is 9.95. The number of hydrogen-bond acceptors (Lipinski definition) is 4. The summed E-state index contributed by atoms with van der Waals surface area (Å²) in [4.78, 5) is 31.5. The van der Waals surface area contributed by atoms with E-state index in [1.807, 2.05) is 29.5 Å². The van der Waals surface area contributed by atoms with E-state index in [1.54, 1.807) is 4.90 Å². The maximum absolute atomic E-state index is 12.5. The monoisotopic (exact) mass is 321 g/mol. The van der Waals surface area contributed by atoms with Crippen molar-refractivity contribution >= 4 is 23.2 Å². The van der Waals surface area contributed by atoms with Crippen molar-refractivity contribution in [2.75, 3.05) is 40.3 Å². The van der Waals surface area contributed by atoms with Gasteiger partial charge in [-0.3, -0.25) is 9.59 Å². The van der Waals surface area contributed by atoms with Crippen LogP contribution in [0.1, 0.15) is 22.5 Å². The fraction of sp³-hybridized carbons (Fsp3) is 0.625. The first-order valence-electron chi connectivity index (χ1n) is 7.84. The summed E-state index contributed by atoms with van der Waals surface area (Å²) in [5.74, 6) is 0.236. The van der Waals surface area contributed by atoms with Crippen LogP contribution in [0.3, 0.4) is 0 Å². The Morgan fingerprint density at radius 2 is 1.95 bits per heavy atom. The third-order valence-corrected chi connectivity index (χ3v) is 5.69. The van der Waals surface area contributed by atoms with E-state index in [9.17, 15) is 9.59 Å². The van der Waals surface area contributed by atoms with Gasteiger partial charge in [-0.05, 0) is 44.4 Å². The molecule has 0 spiro atoms. The van der Waals surface area contributed by atoms with Crippen LogP contribution in [0, 0.1) is 5.92 Å². The average Bonchev–Trinajstić information content (AvgIpc) is 2.99. The number of piperidine rings is 1. The molecule has 120 valence electrons. The Bertz CT molecular complexity index is 532.